The molecule has 0 spiro atoms. The van der Waals surface area contributed by atoms with Crippen molar-refractivity contribution < 1.29 is 4.79 Å². The van der Waals surface area contributed by atoms with Crippen molar-refractivity contribution in [3.63, 3.8) is 0 Å². The van der Waals surface area contributed by atoms with Crippen molar-refractivity contribution in [3.8, 4) is 0 Å². The lowest BCUT2D eigenvalue weighted by Gasteiger charge is -2.17. The average molecular weight is 277 g/mol. The third-order valence-corrected chi connectivity index (χ3v) is 4.03. The second-order valence-corrected chi connectivity index (χ2v) is 5.47. The Morgan fingerprint density at radius 3 is 3.11 bits per heavy atom. The molecule has 0 saturated heterocycles. The van der Waals surface area contributed by atoms with E-state index < -0.39 is 0 Å². The van der Waals surface area contributed by atoms with Gasteiger partial charge in [-0.25, -0.2) is 9.67 Å². The van der Waals surface area contributed by atoms with Crippen molar-refractivity contribution in [3.05, 3.63) is 28.7 Å². The van der Waals surface area contributed by atoms with Gasteiger partial charge in [0.15, 0.2) is 0 Å². The molecule has 2 aromatic rings. The SMILES string of the molecule is CCn1ncnc1C(NC(=O)c1cncs1)C1CC1. The van der Waals surface area contributed by atoms with Gasteiger partial charge in [-0.1, -0.05) is 0 Å². The molecule has 1 fully saturated rings. The van der Waals surface area contributed by atoms with Gasteiger partial charge in [0.1, 0.15) is 17.0 Å². The lowest BCUT2D eigenvalue weighted by Crippen LogP contribution is -2.31. The molecule has 0 aromatic carbocycles. The fraction of sp³-hybridized carbons (Fsp3) is 0.500. The van der Waals surface area contributed by atoms with Gasteiger partial charge in [0.2, 0.25) is 0 Å². The summed E-state index contributed by atoms with van der Waals surface area (Å²) in [5, 5.41) is 7.25. The predicted octanol–water partition coefficient (Wildman–Crippen LogP) is 1.64. The zero-order chi connectivity index (χ0) is 13.2. The smallest absolute Gasteiger partial charge is 0.263 e. The standard InChI is InChI=1S/C12H15N5OS/c1-2-17-11(14-6-15-17)10(8-3-4-8)16-12(18)9-5-13-7-19-9/h5-8,10H,2-4H2,1H3,(H,16,18). The van der Waals surface area contributed by atoms with Crippen LogP contribution in [-0.4, -0.2) is 25.7 Å². The summed E-state index contributed by atoms with van der Waals surface area (Å²) in [7, 11) is 0. The molecule has 0 radical (unpaired) electrons. The van der Waals surface area contributed by atoms with Gasteiger partial charge < -0.3 is 5.32 Å². The molecule has 1 N–H and O–H groups in total. The molecular formula is C12H15N5OS. The van der Waals surface area contributed by atoms with E-state index in [0.29, 0.717) is 10.8 Å². The van der Waals surface area contributed by atoms with E-state index >= 15 is 0 Å². The van der Waals surface area contributed by atoms with Gasteiger partial charge >= 0.3 is 0 Å². The Kier molecular flexibility index (Phi) is 3.29. The molecule has 100 valence electrons. The molecule has 1 unspecified atom stereocenters. The van der Waals surface area contributed by atoms with Crippen LogP contribution in [-0.2, 0) is 6.54 Å². The van der Waals surface area contributed by atoms with Crippen LogP contribution in [0, 0.1) is 5.92 Å². The van der Waals surface area contributed by atoms with Gasteiger partial charge in [-0.05, 0) is 25.7 Å². The third-order valence-electron chi connectivity index (χ3n) is 3.26. The van der Waals surface area contributed by atoms with Crippen molar-refractivity contribution in [2.45, 2.75) is 32.4 Å². The van der Waals surface area contributed by atoms with Crippen LogP contribution in [0.4, 0.5) is 0 Å². The number of aromatic nitrogens is 4. The first-order valence-electron chi connectivity index (χ1n) is 6.36. The largest absolute Gasteiger partial charge is 0.341 e. The molecule has 3 rings (SSSR count). The molecule has 1 saturated carbocycles. The minimum atomic E-state index is -0.0787. The third kappa shape index (κ3) is 2.51. The summed E-state index contributed by atoms with van der Waals surface area (Å²) >= 11 is 1.35. The van der Waals surface area contributed by atoms with E-state index in [9.17, 15) is 4.79 Å². The van der Waals surface area contributed by atoms with Crippen LogP contribution in [0.2, 0.25) is 0 Å². The molecule has 19 heavy (non-hydrogen) atoms. The van der Waals surface area contributed by atoms with Crippen LogP contribution in [0.3, 0.4) is 0 Å². The second kappa shape index (κ2) is 5.08. The van der Waals surface area contributed by atoms with Gasteiger partial charge in [-0.3, -0.25) is 9.78 Å². The van der Waals surface area contributed by atoms with Crippen LogP contribution in [0.5, 0.6) is 0 Å². The molecule has 1 aliphatic carbocycles. The molecule has 0 aliphatic heterocycles. The first-order valence-corrected chi connectivity index (χ1v) is 7.24. The van der Waals surface area contributed by atoms with Crippen LogP contribution in [0.25, 0.3) is 0 Å². The summed E-state index contributed by atoms with van der Waals surface area (Å²) in [5.41, 5.74) is 1.66. The zero-order valence-electron chi connectivity index (χ0n) is 10.6. The molecule has 7 heteroatoms. The van der Waals surface area contributed by atoms with Crippen LogP contribution >= 0.6 is 11.3 Å². The molecule has 1 atom stereocenters. The summed E-state index contributed by atoms with van der Waals surface area (Å²) in [6.07, 6.45) is 5.40. The number of carbonyl (C=O) groups excluding carboxylic acids is 1. The number of nitrogens with zero attached hydrogens (tertiary/aromatic N) is 4. The highest BCUT2D eigenvalue weighted by molar-refractivity contribution is 7.11. The number of carbonyl (C=O) groups is 1. The van der Waals surface area contributed by atoms with E-state index in [2.05, 4.69) is 20.4 Å². The first-order chi connectivity index (χ1) is 9.29. The number of hydrogen-bond acceptors (Lipinski definition) is 5. The summed E-state index contributed by atoms with van der Waals surface area (Å²) in [5.74, 6) is 1.25. The maximum absolute atomic E-state index is 12.1. The van der Waals surface area contributed by atoms with E-state index in [-0.39, 0.29) is 11.9 Å². The lowest BCUT2D eigenvalue weighted by atomic mass is 10.1. The van der Waals surface area contributed by atoms with E-state index in [1.54, 1.807) is 18.0 Å². The maximum Gasteiger partial charge on any atom is 0.263 e. The monoisotopic (exact) mass is 277 g/mol. The van der Waals surface area contributed by atoms with Crippen LogP contribution in [0.15, 0.2) is 18.0 Å². The van der Waals surface area contributed by atoms with E-state index in [1.807, 2.05) is 11.6 Å². The highest BCUT2D eigenvalue weighted by atomic mass is 32.1. The average Bonchev–Trinajstić information content (AvgIpc) is 2.95. The molecular weight excluding hydrogens is 262 g/mol. The Balaban J connectivity index is 1.80. The van der Waals surface area contributed by atoms with E-state index in [1.165, 1.54) is 11.3 Å². The maximum atomic E-state index is 12.1. The van der Waals surface area contributed by atoms with Crippen molar-refractivity contribution in [1.29, 1.82) is 0 Å². The molecule has 2 heterocycles. The second-order valence-electron chi connectivity index (χ2n) is 4.59. The Labute approximate surface area is 114 Å². The Morgan fingerprint density at radius 2 is 2.47 bits per heavy atom. The number of nitrogens with one attached hydrogen (secondary N) is 1. The summed E-state index contributed by atoms with van der Waals surface area (Å²) < 4.78 is 1.84. The normalized spacial score (nSPS) is 16.3. The molecule has 1 amide bonds. The topological polar surface area (TPSA) is 72.7 Å². The quantitative estimate of drug-likeness (QED) is 0.901. The van der Waals surface area contributed by atoms with Gasteiger partial charge in [-0.2, -0.15) is 5.10 Å². The van der Waals surface area contributed by atoms with E-state index in [4.69, 9.17) is 0 Å². The van der Waals surface area contributed by atoms with Crippen LogP contribution in [0.1, 0.15) is 41.3 Å². The van der Waals surface area contributed by atoms with Crippen molar-refractivity contribution in [2.75, 3.05) is 0 Å². The summed E-state index contributed by atoms with van der Waals surface area (Å²) in [6, 6.07) is -0.0444. The first kappa shape index (κ1) is 12.3. The Hall–Kier alpha value is -1.76. The molecule has 2 aromatic heterocycles. The molecule has 6 nitrogen and oxygen atoms in total. The van der Waals surface area contributed by atoms with Gasteiger partial charge in [0, 0.05) is 6.54 Å². The Morgan fingerprint density at radius 1 is 1.63 bits per heavy atom. The van der Waals surface area contributed by atoms with Crippen LogP contribution < -0.4 is 5.32 Å². The summed E-state index contributed by atoms with van der Waals surface area (Å²) in [4.78, 5) is 21.0. The van der Waals surface area contributed by atoms with Gasteiger partial charge in [-0.15, -0.1) is 11.3 Å². The number of aryl methyl sites for hydroxylation is 1. The lowest BCUT2D eigenvalue weighted by molar-refractivity contribution is 0.0932. The fourth-order valence-corrected chi connectivity index (χ4v) is 2.64. The Bertz CT molecular complexity index is 560. The summed E-state index contributed by atoms with van der Waals surface area (Å²) in [6.45, 7) is 2.78. The number of amides is 1. The molecule has 0 bridgehead atoms. The number of rotatable bonds is 5. The predicted molar refractivity (Wildman–Crippen MR) is 70.7 cm³/mol. The van der Waals surface area contributed by atoms with Crippen molar-refractivity contribution in [2.24, 2.45) is 5.92 Å². The van der Waals surface area contributed by atoms with Gasteiger partial charge in [0.05, 0.1) is 17.7 Å². The zero-order valence-corrected chi connectivity index (χ0v) is 11.4. The van der Waals surface area contributed by atoms with Crippen molar-refractivity contribution in [1.82, 2.24) is 25.1 Å². The van der Waals surface area contributed by atoms with E-state index in [0.717, 1.165) is 25.2 Å². The highest BCUT2D eigenvalue weighted by Gasteiger charge is 2.36. The number of hydrogen-bond donors (Lipinski definition) is 1. The molecule has 1 aliphatic rings. The minimum absolute atomic E-state index is 0.0444. The fourth-order valence-electron chi connectivity index (χ4n) is 2.12. The highest BCUT2D eigenvalue weighted by Crippen LogP contribution is 2.40. The minimum Gasteiger partial charge on any atom is -0.341 e. The van der Waals surface area contributed by atoms with Gasteiger partial charge in [0.25, 0.3) is 5.91 Å². The van der Waals surface area contributed by atoms with Crippen molar-refractivity contribution >= 4 is 17.2 Å². The number of thiazole rings is 1.